The quantitative estimate of drug-likeness (QED) is 0.688. The highest BCUT2D eigenvalue weighted by Gasteiger charge is 2.10. The molecule has 0 fully saturated rings. The van der Waals surface area contributed by atoms with E-state index in [9.17, 15) is 9.59 Å². The predicted octanol–water partition coefficient (Wildman–Crippen LogP) is 1.46. The van der Waals surface area contributed by atoms with Gasteiger partial charge in [-0.25, -0.2) is 4.79 Å². The van der Waals surface area contributed by atoms with E-state index >= 15 is 0 Å². The van der Waals surface area contributed by atoms with Crippen molar-refractivity contribution in [3.8, 4) is 0 Å². The molecule has 0 radical (unpaired) electrons. The Morgan fingerprint density at radius 2 is 2.00 bits per heavy atom. The molecule has 1 rings (SSSR count). The highest BCUT2D eigenvalue weighted by Crippen LogP contribution is 2.11. The molecule has 1 aromatic rings. The van der Waals surface area contributed by atoms with Crippen LogP contribution in [0.2, 0.25) is 0 Å². The van der Waals surface area contributed by atoms with Crippen molar-refractivity contribution in [1.29, 1.82) is 0 Å². The fourth-order valence-electron chi connectivity index (χ4n) is 1.27. The number of nitrogens with one attached hydrogen (secondary N) is 1. The van der Waals surface area contributed by atoms with Crippen LogP contribution in [0.1, 0.15) is 18.9 Å². The number of carboxylic acids is 1. The average Bonchev–Trinajstić information content (AvgIpc) is 2.36. The molecule has 4 N–H and O–H groups in total. The molecular weight excluding hydrogens is 232 g/mol. The smallest absolute Gasteiger partial charge is 0.328 e. The van der Waals surface area contributed by atoms with Gasteiger partial charge in [-0.05, 0) is 30.2 Å². The van der Waals surface area contributed by atoms with Crippen molar-refractivity contribution >= 4 is 23.6 Å². The van der Waals surface area contributed by atoms with Crippen molar-refractivity contribution in [2.45, 2.75) is 19.4 Å². The topological polar surface area (TPSA) is 92.4 Å². The van der Waals surface area contributed by atoms with Crippen LogP contribution < -0.4 is 11.1 Å². The number of nitrogens with two attached hydrogens (primary N) is 1. The molecule has 0 aliphatic rings. The number of hydrogen-bond acceptors (Lipinski definition) is 3. The lowest BCUT2D eigenvalue weighted by atomic mass is 10.1. The van der Waals surface area contributed by atoms with Crippen molar-refractivity contribution in [2.24, 2.45) is 5.73 Å². The molecule has 5 nitrogen and oxygen atoms in total. The van der Waals surface area contributed by atoms with E-state index in [0.717, 1.165) is 11.6 Å². The highest BCUT2D eigenvalue weighted by atomic mass is 16.4. The van der Waals surface area contributed by atoms with Crippen molar-refractivity contribution in [1.82, 2.24) is 0 Å². The summed E-state index contributed by atoms with van der Waals surface area (Å²) in [4.78, 5) is 21.9. The molecule has 0 saturated heterocycles. The van der Waals surface area contributed by atoms with Crippen LogP contribution in [0.5, 0.6) is 0 Å². The van der Waals surface area contributed by atoms with Gasteiger partial charge in [-0.2, -0.15) is 0 Å². The minimum absolute atomic E-state index is 0.230. The Bertz CT molecular complexity index is 452. The van der Waals surface area contributed by atoms with Gasteiger partial charge in [0, 0.05) is 11.8 Å². The van der Waals surface area contributed by atoms with Gasteiger partial charge < -0.3 is 16.2 Å². The Hall–Kier alpha value is -2.14. The van der Waals surface area contributed by atoms with Gasteiger partial charge in [0.25, 0.3) is 0 Å². The summed E-state index contributed by atoms with van der Waals surface area (Å²) < 4.78 is 0. The van der Waals surface area contributed by atoms with Crippen molar-refractivity contribution in [3.63, 3.8) is 0 Å². The van der Waals surface area contributed by atoms with Gasteiger partial charge in [0.15, 0.2) is 0 Å². The second kappa shape index (κ2) is 6.56. The van der Waals surface area contributed by atoms with Crippen molar-refractivity contribution in [3.05, 3.63) is 35.9 Å². The summed E-state index contributed by atoms with van der Waals surface area (Å²) in [5.74, 6) is -1.23. The molecule has 1 unspecified atom stereocenters. The van der Waals surface area contributed by atoms with Crippen LogP contribution >= 0.6 is 0 Å². The molecule has 0 heterocycles. The molecular formula is C13H16N2O3. The number of rotatable bonds is 5. The lowest BCUT2D eigenvalue weighted by Gasteiger charge is -2.09. The van der Waals surface area contributed by atoms with E-state index in [1.807, 2.05) is 6.92 Å². The maximum Gasteiger partial charge on any atom is 0.328 e. The van der Waals surface area contributed by atoms with Gasteiger partial charge in [0.1, 0.15) is 0 Å². The number of benzene rings is 1. The van der Waals surface area contributed by atoms with Crippen molar-refractivity contribution < 1.29 is 14.7 Å². The summed E-state index contributed by atoms with van der Waals surface area (Å²) in [6.07, 6.45) is 3.11. The van der Waals surface area contributed by atoms with Gasteiger partial charge in [-0.15, -0.1) is 0 Å². The number of anilines is 1. The van der Waals surface area contributed by atoms with Gasteiger partial charge in [-0.1, -0.05) is 19.1 Å². The summed E-state index contributed by atoms with van der Waals surface area (Å²) in [5.41, 5.74) is 6.97. The van der Waals surface area contributed by atoms with Gasteiger partial charge in [0.2, 0.25) is 5.91 Å². The molecule has 1 atom stereocenters. The van der Waals surface area contributed by atoms with Gasteiger partial charge >= 0.3 is 5.97 Å². The predicted molar refractivity (Wildman–Crippen MR) is 70.0 cm³/mol. The molecule has 0 bridgehead atoms. The van der Waals surface area contributed by atoms with Crippen molar-refractivity contribution in [2.75, 3.05) is 5.32 Å². The van der Waals surface area contributed by atoms with Crippen LogP contribution in [-0.4, -0.2) is 23.0 Å². The highest BCUT2D eigenvalue weighted by molar-refractivity contribution is 5.94. The van der Waals surface area contributed by atoms with Crippen LogP contribution in [0, 0.1) is 0 Å². The van der Waals surface area contributed by atoms with E-state index in [0.29, 0.717) is 12.1 Å². The fourth-order valence-corrected chi connectivity index (χ4v) is 1.27. The Morgan fingerprint density at radius 1 is 1.39 bits per heavy atom. The van der Waals surface area contributed by atoms with Gasteiger partial charge in [-0.3, -0.25) is 4.79 Å². The molecule has 0 aromatic heterocycles. The Balaban J connectivity index is 2.66. The lowest BCUT2D eigenvalue weighted by Crippen LogP contribution is -2.34. The first-order chi connectivity index (χ1) is 8.52. The Morgan fingerprint density at radius 3 is 2.50 bits per heavy atom. The second-order valence-corrected chi connectivity index (χ2v) is 3.80. The Labute approximate surface area is 105 Å². The minimum Gasteiger partial charge on any atom is -0.478 e. The average molecular weight is 248 g/mol. The van der Waals surface area contributed by atoms with E-state index in [-0.39, 0.29) is 5.91 Å². The van der Waals surface area contributed by atoms with Gasteiger partial charge in [0.05, 0.1) is 6.04 Å². The molecule has 1 aromatic carbocycles. The normalized spacial score (nSPS) is 12.3. The number of hydrogen-bond donors (Lipinski definition) is 3. The summed E-state index contributed by atoms with van der Waals surface area (Å²) in [6.45, 7) is 1.84. The zero-order chi connectivity index (χ0) is 13.5. The second-order valence-electron chi connectivity index (χ2n) is 3.80. The summed E-state index contributed by atoms with van der Waals surface area (Å²) >= 11 is 0. The first-order valence-electron chi connectivity index (χ1n) is 5.60. The standard InChI is InChI=1S/C13H16N2O3/c1-2-11(14)13(18)15-10-6-3-9(4-7-10)5-8-12(16)17/h3-8,11H,2,14H2,1H3,(H,15,18)(H,16,17)/b8-5+. The van der Waals surface area contributed by atoms with Crippen LogP contribution in [0.15, 0.2) is 30.3 Å². The molecule has 18 heavy (non-hydrogen) atoms. The molecule has 0 spiro atoms. The van der Waals surface area contributed by atoms with E-state index in [1.54, 1.807) is 24.3 Å². The Kier molecular flexibility index (Phi) is 5.07. The maximum absolute atomic E-state index is 11.5. The molecule has 0 aliphatic carbocycles. The molecule has 0 saturated carbocycles. The zero-order valence-electron chi connectivity index (χ0n) is 10.1. The SMILES string of the molecule is CCC(N)C(=O)Nc1ccc(/C=C/C(=O)O)cc1. The minimum atomic E-state index is -0.999. The van der Waals surface area contributed by atoms with Crippen LogP contribution in [-0.2, 0) is 9.59 Å². The van der Waals surface area contributed by atoms with E-state index in [1.165, 1.54) is 6.08 Å². The monoisotopic (exact) mass is 248 g/mol. The molecule has 96 valence electrons. The molecule has 5 heteroatoms. The fraction of sp³-hybridized carbons (Fsp3) is 0.231. The first kappa shape index (κ1) is 13.9. The van der Waals surface area contributed by atoms with Crippen LogP contribution in [0.3, 0.4) is 0 Å². The number of aliphatic carboxylic acids is 1. The maximum atomic E-state index is 11.5. The third-order valence-corrected chi connectivity index (χ3v) is 2.37. The van der Waals surface area contributed by atoms with E-state index in [2.05, 4.69) is 5.32 Å². The van der Waals surface area contributed by atoms with E-state index < -0.39 is 12.0 Å². The number of amides is 1. The van der Waals surface area contributed by atoms with Crippen LogP contribution in [0.4, 0.5) is 5.69 Å². The number of carbonyl (C=O) groups excluding carboxylic acids is 1. The molecule has 1 amide bonds. The van der Waals surface area contributed by atoms with Crippen LogP contribution in [0.25, 0.3) is 6.08 Å². The third-order valence-electron chi connectivity index (χ3n) is 2.37. The largest absolute Gasteiger partial charge is 0.478 e. The number of carbonyl (C=O) groups is 2. The summed E-state index contributed by atoms with van der Waals surface area (Å²) in [5, 5.41) is 11.2. The first-order valence-corrected chi connectivity index (χ1v) is 5.60. The molecule has 0 aliphatic heterocycles. The summed E-state index contributed by atoms with van der Waals surface area (Å²) in [6, 6.07) is 6.31. The summed E-state index contributed by atoms with van der Waals surface area (Å²) in [7, 11) is 0. The zero-order valence-corrected chi connectivity index (χ0v) is 10.1. The lowest BCUT2D eigenvalue weighted by molar-refractivity contribution is -0.131. The van der Waals surface area contributed by atoms with E-state index in [4.69, 9.17) is 10.8 Å². The number of carboxylic acid groups (broad SMARTS) is 1. The third kappa shape index (κ3) is 4.39.